The lowest BCUT2D eigenvalue weighted by molar-refractivity contribution is -0.150. The van der Waals surface area contributed by atoms with E-state index in [1.807, 2.05) is 5.32 Å². The Hall–Kier alpha value is -3.69. The lowest BCUT2D eigenvalue weighted by Gasteiger charge is -2.32. The molecule has 4 heterocycles. The first-order valence-corrected chi connectivity index (χ1v) is 13.0. The first kappa shape index (κ1) is 28.8. The van der Waals surface area contributed by atoms with Crippen molar-refractivity contribution in [3.63, 3.8) is 0 Å². The second-order valence-electron chi connectivity index (χ2n) is 10.6. The highest BCUT2D eigenvalue weighted by Gasteiger charge is 2.48. The van der Waals surface area contributed by atoms with Crippen LogP contribution in [0.2, 0.25) is 0 Å². The van der Waals surface area contributed by atoms with E-state index < -0.39 is 42.7 Å². The zero-order valence-electron chi connectivity index (χ0n) is 22.2. The fourth-order valence-corrected chi connectivity index (χ4v) is 5.56. The molecule has 1 aliphatic carbocycles. The molecule has 1 saturated heterocycles. The molecule has 0 radical (unpaired) electrons. The van der Waals surface area contributed by atoms with Gasteiger partial charge < -0.3 is 15.0 Å². The number of nitrogens with zero attached hydrogens (tertiary/aromatic N) is 6. The smallest absolute Gasteiger partial charge is 0.382 e. The standard InChI is InChI=1S/C25H28F5N7O4/c1-13-22(35-41-34-13)19(38)8-16(14-3-5-24(26,27)6-4-14)17-10-37-21(32-17)7-15(9-31-37)18(12-40-2)36-11-20(25(28,29)30)33-23(36)39/h7,9-10,14,16,18,20H,3-6,8,11-12H2,1-2H3,(H,33,39)/t16-,18+,20-/m0/s1. The van der Waals surface area contributed by atoms with Crippen molar-refractivity contribution in [3.8, 4) is 0 Å². The van der Waals surface area contributed by atoms with Crippen LogP contribution in [0.3, 0.4) is 0 Å². The molecule has 16 heteroatoms. The van der Waals surface area contributed by atoms with Crippen LogP contribution in [0.4, 0.5) is 26.7 Å². The van der Waals surface area contributed by atoms with Crippen LogP contribution in [0.5, 0.6) is 0 Å². The van der Waals surface area contributed by atoms with Crippen LogP contribution in [0, 0.1) is 12.8 Å². The minimum atomic E-state index is -4.61. The highest BCUT2D eigenvalue weighted by molar-refractivity contribution is 5.95. The number of methoxy groups -OCH3 is 1. The highest BCUT2D eigenvalue weighted by Crippen LogP contribution is 2.44. The number of carbonyl (C=O) groups is 2. The van der Waals surface area contributed by atoms with Crippen LogP contribution in [-0.2, 0) is 4.74 Å². The van der Waals surface area contributed by atoms with E-state index in [0.717, 1.165) is 4.90 Å². The van der Waals surface area contributed by atoms with Crippen LogP contribution in [0.1, 0.15) is 71.5 Å². The van der Waals surface area contributed by atoms with Gasteiger partial charge in [-0.2, -0.15) is 18.3 Å². The SMILES string of the molecule is COC[C@H](c1cnn2cc([C@@H](CC(=O)c3nonc3C)C3CCC(F)(F)CC3)nc2c1)N1C[C@@H](C(F)(F)F)NC1=O. The largest absolute Gasteiger partial charge is 0.410 e. The first-order chi connectivity index (χ1) is 19.4. The Kier molecular flexibility index (Phi) is 7.70. The van der Waals surface area contributed by atoms with E-state index in [2.05, 4.69) is 25.0 Å². The molecule has 1 aliphatic heterocycles. The highest BCUT2D eigenvalue weighted by atomic mass is 19.4. The maximum atomic E-state index is 13.9. The van der Waals surface area contributed by atoms with Gasteiger partial charge in [0.25, 0.3) is 0 Å². The second kappa shape index (κ2) is 10.9. The molecule has 222 valence electrons. The van der Waals surface area contributed by atoms with Crippen molar-refractivity contribution >= 4 is 17.5 Å². The number of Topliss-reactive ketones (excluding diaryl/α,β-unsaturated/α-hetero) is 1. The number of hydrogen-bond acceptors (Lipinski definition) is 8. The van der Waals surface area contributed by atoms with Crippen molar-refractivity contribution in [1.82, 2.24) is 35.1 Å². The first-order valence-electron chi connectivity index (χ1n) is 13.0. The van der Waals surface area contributed by atoms with E-state index in [-0.39, 0.29) is 56.1 Å². The van der Waals surface area contributed by atoms with Gasteiger partial charge in [0, 0.05) is 37.9 Å². The van der Waals surface area contributed by atoms with Crippen LogP contribution in [0.25, 0.3) is 5.65 Å². The Morgan fingerprint density at radius 1 is 1.27 bits per heavy atom. The third-order valence-electron chi connectivity index (χ3n) is 7.81. The number of carbonyl (C=O) groups excluding carboxylic acids is 2. The zero-order valence-corrected chi connectivity index (χ0v) is 22.2. The summed E-state index contributed by atoms with van der Waals surface area (Å²) in [5.41, 5.74) is 1.52. The van der Waals surface area contributed by atoms with Crippen molar-refractivity contribution in [1.29, 1.82) is 0 Å². The van der Waals surface area contributed by atoms with Crippen molar-refractivity contribution in [2.45, 2.75) is 69.1 Å². The van der Waals surface area contributed by atoms with Crippen LogP contribution >= 0.6 is 0 Å². The molecule has 41 heavy (non-hydrogen) atoms. The minimum Gasteiger partial charge on any atom is -0.382 e. The van der Waals surface area contributed by atoms with Gasteiger partial charge in [-0.05, 0) is 36.9 Å². The fraction of sp³-hybridized carbons (Fsp3) is 0.600. The summed E-state index contributed by atoms with van der Waals surface area (Å²) in [4.78, 5) is 31.2. The quantitative estimate of drug-likeness (QED) is 0.292. The number of ketones is 1. The van der Waals surface area contributed by atoms with E-state index in [9.17, 15) is 31.5 Å². The summed E-state index contributed by atoms with van der Waals surface area (Å²) >= 11 is 0. The van der Waals surface area contributed by atoms with Gasteiger partial charge in [-0.1, -0.05) is 5.16 Å². The lowest BCUT2D eigenvalue weighted by Crippen LogP contribution is -2.40. The molecule has 3 atom stereocenters. The van der Waals surface area contributed by atoms with Gasteiger partial charge in [-0.25, -0.2) is 27.7 Å². The summed E-state index contributed by atoms with van der Waals surface area (Å²) in [7, 11) is 1.36. The average molecular weight is 586 g/mol. The molecule has 11 nitrogen and oxygen atoms in total. The van der Waals surface area contributed by atoms with Gasteiger partial charge in [0.15, 0.2) is 17.1 Å². The monoisotopic (exact) mass is 585 g/mol. The number of alkyl halides is 5. The number of amides is 2. The van der Waals surface area contributed by atoms with Crippen molar-refractivity contribution < 1.29 is 40.9 Å². The van der Waals surface area contributed by atoms with Crippen LogP contribution in [0.15, 0.2) is 23.1 Å². The van der Waals surface area contributed by atoms with Gasteiger partial charge in [0.05, 0.1) is 37.3 Å². The molecule has 3 aromatic rings. The van der Waals surface area contributed by atoms with E-state index in [4.69, 9.17) is 4.74 Å². The Labute approximate surface area is 230 Å². The molecule has 0 unspecified atom stereocenters. The third-order valence-corrected chi connectivity index (χ3v) is 7.81. The van der Waals surface area contributed by atoms with E-state index in [1.54, 1.807) is 19.2 Å². The number of fused-ring (bicyclic) bond motifs is 1. The predicted octanol–water partition coefficient (Wildman–Crippen LogP) is 4.25. The van der Waals surface area contributed by atoms with Gasteiger partial charge in [0.1, 0.15) is 11.7 Å². The predicted molar refractivity (Wildman–Crippen MR) is 130 cm³/mol. The van der Waals surface area contributed by atoms with Crippen molar-refractivity contribution in [2.24, 2.45) is 5.92 Å². The molecule has 0 spiro atoms. The van der Waals surface area contributed by atoms with Crippen LogP contribution < -0.4 is 5.32 Å². The number of nitrogens with one attached hydrogen (secondary N) is 1. The third kappa shape index (κ3) is 6.01. The number of aromatic nitrogens is 5. The van der Waals surface area contributed by atoms with Gasteiger partial charge in [-0.15, -0.1) is 0 Å². The normalized spacial score (nSPS) is 21.3. The number of ether oxygens (including phenoxy) is 1. The summed E-state index contributed by atoms with van der Waals surface area (Å²) in [5, 5.41) is 13.6. The number of imidazole rings is 1. The molecular formula is C25H28F5N7O4. The Bertz CT molecular complexity index is 1410. The summed E-state index contributed by atoms with van der Waals surface area (Å²) in [5.74, 6) is -3.93. The second-order valence-corrected chi connectivity index (χ2v) is 10.6. The Balaban J connectivity index is 1.45. The zero-order chi connectivity index (χ0) is 29.5. The number of aryl methyl sites for hydroxylation is 1. The molecule has 0 bridgehead atoms. The molecule has 2 aliphatic rings. The van der Waals surface area contributed by atoms with E-state index in [0.29, 0.717) is 22.6 Å². The number of rotatable bonds is 9. The Morgan fingerprint density at radius 3 is 2.61 bits per heavy atom. The fourth-order valence-electron chi connectivity index (χ4n) is 5.56. The van der Waals surface area contributed by atoms with Gasteiger partial charge in [0.2, 0.25) is 5.92 Å². The molecule has 1 N–H and O–H groups in total. The minimum absolute atomic E-state index is 0.0590. The molecule has 0 aromatic carbocycles. The molecule has 2 amide bonds. The lowest BCUT2D eigenvalue weighted by atomic mass is 9.75. The summed E-state index contributed by atoms with van der Waals surface area (Å²) in [6.07, 6.45) is -1.91. The number of hydrogen-bond donors (Lipinski definition) is 1. The summed E-state index contributed by atoms with van der Waals surface area (Å²) < 4.78 is 79.0. The number of halogens is 5. The van der Waals surface area contributed by atoms with Gasteiger partial charge in [-0.3, -0.25) is 4.79 Å². The molecule has 2 fully saturated rings. The van der Waals surface area contributed by atoms with Crippen LogP contribution in [-0.4, -0.2) is 80.0 Å². The van der Waals surface area contributed by atoms with Gasteiger partial charge >= 0.3 is 12.2 Å². The number of urea groups is 1. The molecule has 5 rings (SSSR count). The van der Waals surface area contributed by atoms with E-state index in [1.165, 1.54) is 17.8 Å². The van der Waals surface area contributed by atoms with E-state index >= 15 is 0 Å². The summed E-state index contributed by atoms with van der Waals surface area (Å²) in [6.45, 7) is 0.875. The maximum Gasteiger partial charge on any atom is 0.410 e. The average Bonchev–Trinajstić information content (AvgIpc) is 3.63. The molecule has 1 saturated carbocycles. The topological polar surface area (TPSA) is 128 Å². The van der Waals surface area contributed by atoms with Crippen molar-refractivity contribution in [3.05, 3.63) is 41.1 Å². The van der Waals surface area contributed by atoms with Crippen molar-refractivity contribution in [2.75, 3.05) is 20.3 Å². The Morgan fingerprint density at radius 2 is 2.00 bits per heavy atom. The summed E-state index contributed by atoms with van der Waals surface area (Å²) in [6, 6.07) is -2.21. The molecule has 3 aromatic heterocycles. The maximum absolute atomic E-state index is 13.9. The molecular weight excluding hydrogens is 557 g/mol.